The molecular formula is C59H38N2O. The van der Waals surface area contributed by atoms with Crippen molar-refractivity contribution in [2.24, 2.45) is 0 Å². The van der Waals surface area contributed by atoms with Crippen LogP contribution in [0.2, 0.25) is 0 Å². The molecule has 0 fully saturated rings. The van der Waals surface area contributed by atoms with E-state index in [9.17, 15) is 0 Å². The second-order valence-electron chi connectivity index (χ2n) is 16.1. The van der Waals surface area contributed by atoms with Gasteiger partial charge in [-0.1, -0.05) is 206 Å². The van der Waals surface area contributed by atoms with Gasteiger partial charge in [0.15, 0.2) is 5.82 Å². The van der Waals surface area contributed by atoms with Crippen LogP contribution in [-0.4, -0.2) is 9.97 Å². The van der Waals surface area contributed by atoms with Crippen LogP contribution < -0.4 is 4.74 Å². The number of hydrogen-bond donors (Lipinski definition) is 0. The van der Waals surface area contributed by atoms with Crippen LogP contribution >= 0.6 is 0 Å². The molecule has 1 aromatic heterocycles. The lowest BCUT2D eigenvalue weighted by Crippen LogP contribution is -2.32. The van der Waals surface area contributed by atoms with E-state index < -0.39 is 5.41 Å². The Bertz CT molecular complexity index is 3270. The summed E-state index contributed by atoms with van der Waals surface area (Å²) >= 11 is 0. The Kier molecular flexibility index (Phi) is 8.39. The zero-order valence-corrected chi connectivity index (χ0v) is 33.7. The van der Waals surface area contributed by atoms with Crippen molar-refractivity contribution < 1.29 is 4.74 Å². The summed E-state index contributed by atoms with van der Waals surface area (Å²) in [5.74, 6) is 2.47. The second-order valence-corrected chi connectivity index (χ2v) is 16.1. The molecule has 0 saturated carbocycles. The highest BCUT2D eigenvalue weighted by Crippen LogP contribution is 2.63. The van der Waals surface area contributed by atoms with Crippen molar-refractivity contribution in [1.29, 1.82) is 0 Å². The average molecular weight is 791 g/mol. The number of hydrogen-bond acceptors (Lipinski definition) is 3. The van der Waals surface area contributed by atoms with Gasteiger partial charge in [-0.15, -0.1) is 0 Å². The molecule has 0 unspecified atom stereocenters. The van der Waals surface area contributed by atoms with Gasteiger partial charge in [0, 0.05) is 33.4 Å². The molecule has 0 N–H and O–H groups in total. The Labute approximate surface area is 361 Å². The highest BCUT2D eigenvalue weighted by Gasteiger charge is 2.51. The van der Waals surface area contributed by atoms with Crippen molar-refractivity contribution >= 4 is 0 Å². The summed E-state index contributed by atoms with van der Waals surface area (Å²) < 4.78 is 7.01. The van der Waals surface area contributed by atoms with E-state index in [0.29, 0.717) is 5.82 Å². The summed E-state index contributed by atoms with van der Waals surface area (Å²) in [6.07, 6.45) is 0. The van der Waals surface area contributed by atoms with E-state index in [1.54, 1.807) is 0 Å². The number of rotatable bonds is 6. The first kappa shape index (κ1) is 35.8. The minimum Gasteiger partial charge on any atom is -0.456 e. The lowest BCUT2D eigenvalue weighted by atomic mass is 9.65. The van der Waals surface area contributed by atoms with Gasteiger partial charge in [0.2, 0.25) is 0 Å². The minimum atomic E-state index is -0.516. The van der Waals surface area contributed by atoms with E-state index in [4.69, 9.17) is 14.7 Å². The van der Waals surface area contributed by atoms with Crippen LogP contribution in [0.5, 0.6) is 11.5 Å². The highest BCUT2D eigenvalue weighted by molar-refractivity contribution is 5.91. The number of fused-ring (bicyclic) bond motifs is 9. The second kappa shape index (κ2) is 14.5. The van der Waals surface area contributed by atoms with Gasteiger partial charge in [-0.05, 0) is 74.3 Å². The summed E-state index contributed by atoms with van der Waals surface area (Å²) in [6.45, 7) is 0. The monoisotopic (exact) mass is 790 g/mol. The van der Waals surface area contributed by atoms with Crippen LogP contribution in [0.3, 0.4) is 0 Å². The fourth-order valence-corrected chi connectivity index (χ4v) is 9.75. The average Bonchev–Trinajstić information content (AvgIpc) is 3.65. The van der Waals surface area contributed by atoms with Crippen LogP contribution in [0.15, 0.2) is 231 Å². The molecule has 0 atom stereocenters. The number of para-hydroxylation sites is 2. The molecule has 290 valence electrons. The quantitative estimate of drug-likeness (QED) is 0.168. The van der Waals surface area contributed by atoms with Crippen LogP contribution in [0, 0.1) is 0 Å². The van der Waals surface area contributed by atoms with E-state index in [-0.39, 0.29) is 0 Å². The van der Waals surface area contributed by atoms with E-state index in [0.717, 1.165) is 67.4 Å². The maximum atomic E-state index is 7.01. The molecule has 3 heteroatoms. The highest BCUT2D eigenvalue weighted by atomic mass is 16.5. The summed E-state index contributed by atoms with van der Waals surface area (Å²) in [6, 6.07) is 81.9. The first-order valence-corrected chi connectivity index (χ1v) is 21.1. The van der Waals surface area contributed by atoms with E-state index in [1.807, 2.05) is 24.3 Å². The summed E-state index contributed by atoms with van der Waals surface area (Å²) in [5, 5.41) is 0. The van der Waals surface area contributed by atoms with Crippen LogP contribution in [-0.2, 0) is 5.41 Å². The van der Waals surface area contributed by atoms with Gasteiger partial charge in [0.25, 0.3) is 0 Å². The van der Waals surface area contributed by atoms with E-state index in [2.05, 4.69) is 206 Å². The lowest BCUT2D eigenvalue weighted by molar-refractivity contribution is 0.438. The Morgan fingerprint density at radius 3 is 1.44 bits per heavy atom. The normalized spacial score (nSPS) is 12.8. The molecule has 62 heavy (non-hydrogen) atoms. The van der Waals surface area contributed by atoms with Crippen LogP contribution in [0.1, 0.15) is 22.3 Å². The van der Waals surface area contributed by atoms with Crippen molar-refractivity contribution in [2.75, 3.05) is 0 Å². The number of ether oxygens (including phenoxy) is 1. The van der Waals surface area contributed by atoms with Gasteiger partial charge in [0.05, 0.1) is 16.8 Å². The molecule has 0 amide bonds. The molecule has 0 radical (unpaired) electrons. The zero-order valence-electron chi connectivity index (χ0n) is 33.7. The topological polar surface area (TPSA) is 35.0 Å². The van der Waals surface area contributed by atoms with Crippen LogP contribution in [0.4, 0.5) is 0 Å². The Morgan fingerprint density at radius 1 is 0.290 bits per heavy atom. The summed E-state index contributed by atoms with van der Waals surface area (Å²) in [4.78, 5) is 10.3. The van der Waals surface area contributed by atoms with Crippen molar-refractivity contribution in [2.45, 2.75) is 5.41 Å². The summed E-state index contributed by atoms with van der Waals surface area (Å²) in [5.41, 5.74) is 18.4. The first-order chi connectivity index (χ1) is 30.7. The maximum absolute atomic E-state index is 7.01. The van der Waals surface area contributed by atoms with Gasteiger partial charge >= 0.3 is 0 Å². The smallest absolute Gasteiger partial charge is 0.160 e. The Hall–Kier alpha value is -8.14. The van der Waals surface area contributed by atoms with Crippen molar-refractivity contribution in [3.8, 4) is 89.9 Å². The van der Waals surface area contributed by atoms with Crippen molar-refractivity contribution in [1.82, 2.24) is 9.97 Å². The molecule has 9 aromatic carbocycles. The third-order valence-electron chi connectivity index (χ3n) is 12.6. The van der Waals surface area contributed by atoms with Gasteiger partial charge in [0.1, 0.15) is 11.5 Å². The zero-order chi connectivity index (χ0) is 41.0. The molecule has 2 aliphatic rings. The van der Waals surface area contributed by atoms with E-state index >= 15 is 0 Å². The molecule has 12 rings (SSSR count). The molecule has 1 aliphatic heterocycles. The van der Waals surface area contributed by atoms with E-state index in [1.165, 1.54) is 38.9 Å². The third-order valence-corrected chi connectivity index (χ3v) is 12.6. The third kappa shape index (κ3) is 5.74. The molecular weight excluding hydrogens is 753 g/mol. The standard InChI is InChI=1S/C59H38N2O/c1-3-16-39(17-4-1)40-32-34-41(35-33-40)54-38-55(61-58(60-54)42-18-5-2-6-19-42)46-23-14-21-44(37-46)43-20-13-22-45(36-43)47-26-15-30-53-57(47)62-56-31-12-11-29-52(56)59(53)50-27-9-7-24-48(50)49-25-8-10-28-51(49)59/h1-38H. The SMILES string of the molecule is c1ccc(-c2ccc(-c3cc(-c4cccc(-c5cccc(-c6cccc7c6Oc6ccccc6C76c7ccccc7-c7ccccc76)c5)c4)nc(-c4ccccc4)n3)cc2)cc1. The minimum absolute atomic E-state index is 0.516. The largest absolute Gasteiger partial charge is 0.456 e. The lowest BCUT2D eigenvalue weighted by Gasteiger charge is -2.40. The molecule has 2 heterocycles. The molecule has 1 aliphatic carbocycles. The first-order valence-electron chi connectivity index (χ1n) is 21.1. The fourth-order valence-electron chi connectivity index (χ4n) is 9.75. The molecule has 3 nitrogen and oxygen atoms in total. The van der Waals surface area contributed by atoms with Gasteiger partial charge in [-0.2, -0.15) is 0 Å². The molecule has 10 aromatic rings. The van der Waals surface area contributed by atoms with Gasteiger partial charge in [-0.25, -0.2) is 9.97 Å². The van der Waals surface area contributed by atoms with Gasteiger partial charge in [-0.3, -0.25) is 0 Å². The predicted molar refractivity (Wildman–Crippen MR) is 252 cm³/mol. The summed E-state index contributed by atoms with van der Waals surface area (Å²) in [7, 11) is 0. The maximum Gasteiger partial charge on any atom is 0.160 e. The molecule has 0 bridgehead atoms. The number of nitrogens with zero attached hydrogens (tertiary/aromatic N) is 2. The molecule has 0 saturated heterocycles. The number of benzene rings is 9. The van der Waals surface area contributed by atoms with Crippen LogP contribution in [0.25, 0.3) is 78.4 Å². The Morgan fingerprint density at radius 2 is 0.742 bits per heavy atom. The predicted octanol–water partition coefficient (Wildman–Crippen LogP) is 14.9. The number of aromatic nitrogens is 2. The van der Waals surface area contributed by atoms with Crippen molar-refractivity contribution in [3.05, 3.63) is 253 Å². The molecule has 1 spiro atoms. The Balaban J connectivity index is 0.957. The fraction of sp³-hybridized carbons (Fsp3) is 0.0169. The van der Waals surface area contributed by atoms with Crippen molar-refractivity contribution in [3.63, 3.8) is 0 Å². The van der Waals surface area contributed by atoms with Gasteiger partial charge < -0.3 is 4.74 Å².